The van der Waals surface area contributed by atoms with Crippen molar-refractivity contribution in [2.45, 2.75) is 19.3 Å². The highest BCUT2D eigenvalue weighted by molar-refractivity contribution is 6.09. The summed E-state index contributed by atoms with van der Waals surface area (Å²) in [4.78, 5) is 4.90. The van der Waals surface area contributed by atoms with Crippen LogP contribution in [0, 0.1) is 0 Å². The number of nitrogens with zero attached hydrogens (tertiary/aromatic N) is 1. The maximum Gasteiger partial charge on any atom is 0.0805 e. The fraction of sp³-hybridized carbons (Fsp3) is 0.188. The van der Waals surface area contributed by atoms with E-state index in [2.05, 4.69) is 41.8 Å². The first kappa shape index (κ1) is 10.8. The molecule has 2 aromatic carbocycles. The van der Waals surface area contributed by atoms with Gasteiger partial charge in [0.25, 0.3) is 0 Å². The van der Waals surface area contributed by atoms with Gasteiger partial charge in [-0.3, -0.25) is 10.8 Å². The Hall–Kier alpha value is -2.13. The largest absolute Gasteiger partial charge is 0.323 e. The van der Waals surface area contributed by atoms with Gasteiger partial charge in [-0.2, -0.15) is 0 Å². The van der Waals surface area contributed by atoms with Gasteiger partial charge in [0.05, 0.1) is 11.2 Å². The van der Waals surface area contributed by atoms with E-state index in [4.69, 9.17) is 10.8 Å². The van der Waals surface area contributed by atoms with E-state index in [1.807, 2.05) is 0 Å². The Morgan fingerprint density at radius 3 is 2.79 bits per heavy atom. The maximum atomic E-state index is 5.76. The van der Waals surface area contributed by atoms with E-state index in [9.17, 15) is 0 Å². The topological polar surface area (TPSA) is 50.9 Å². The number of hydrazine groups is 1. The highest BCUT2D eigenvalue weighted by atomic mass is 15.2. The fourth-order valence-electron chi connectivity index (χ4n) is 3.16. The van der Waals surface area contributed by atoms with Gasteiger partial charge >= 0.3 is 0 Å². The molecular formula is C16H15N3. The molecule has 3 N–H and O–H groups in total. The van der Waals surface area contributed by atoms with Gasteiger partial charge in [0.2, 0.25) is 0 Å². The highest BCUT2D eigenvalue weighted by Gasteiger charge is 2.19. The predicted octanol–water partition coefficient (Wildman–Crippen LogP) is 3.16. The second-order valence-electron chi connectivity index (χ2n) is 5.09. The molecule has 4 rings (SSSR count). The summed E-state index contributed by atoms with van der Waals surface area (Å²) in [5.41, 5.74) is 7.52. The van der Waals surface area contributed by atoms with Crippen LogP contribution in [0.15, 0.2) is 36.4 Å². The van der Waals surface area contributed by atoms with Crippen molar-refractivity contribution in [2.75, 3.05) is 5.43 Å². The van der Waals surface area contributed by atoms with Gasteiger partial charge in [-0.1, -0.05) is 36.4 Å². The number of rotatable bonds is 1. The van der Waals surface area contributed by atoms with Gasteiger partial charge in [-0.05, 0) is 30.2 Å². The molecular weight excluding hydrogens is 234 g/mol. The maximum absolute atomic E-state index is 5.76. The van der Waals surface area contributed by atoms with Crippen LogP contribution in [-0.4, -0.2) is 4.98 Å². The number of hydrogen-bond donors (Lipinski definition) is 2. The molecule has 0 saturated heterocycles. The number of fused-ring (bicyclic) bond motifs is 4. The summed E-state index contributed by atoms with van der Waals surface area (Å²) in [6.07, 6.45) is 3.30. The molecule has 19 heavy (non-hydrogen) atoms. The third kappa shape index (κ3) is 1.45. The van der Waals surface area contributed by atoms with Crippen molar-refractivity contribution < 1.29 is 0 Å². The minimum Gasteiger partial charge on any atom is -0.323 e. The van der Waals surface area contributed by atoms with E-state index in [0.717, 1.165) is 29.4 Å². The summed E-state index contributed by atoms with van der Waals surface area (Å²) in [5, 5.41) is 3.55. The van der Waals surface area contributed by atoms with E-state index in [-0.39, 0.29) is 0 Å². The van der Waals surface area contributed by atoms with Crippen LogP contribution in [0.25, 0.3) is 21.7 Å². The predicted molar refractivity (Wildman–Crippen MR) is 79.1 cm³/mol. The normalized spacial score (nSPS) is 13.9. The van der Waals surface area contributed by atoms with E-state index in [1.165, 1.54) is 28.5 Å². The van der Waals surface area contributed by atoms with Gasteiger partial charge in [-0.25, -0.2) is 0 Å². The van der Waals surface area contributed by atoms with Crippen LogP contribution in [-0.2, 0) is 12.8 Å². The molecule has 0 radical (unpaired) electrons. The van der Waals surface area contributed by atoms with Crippen LogP contribution in [0.1, 0.15) is 17.7 Å². The van der Waals surface area contributed by atoms with Crippen LogP contribution in [0.2, 0.25) is 0 Å². The quantitative estimate of drug-likeness (QED) is 0.395. The van der Waals surface area contributed by atoms with Crippen molar-refractivity contribution in [3.63, 3.8) is 0 Å². The minimum absolute atomic E-state index is 1.06. The Balaban J connectivity index is 2.21. The molecule has 94 valence electrons. The average molecular weight is 249 g/mol. The first-order valence-electron chi connectivity index (χ1n) is 6.68. The molecule has 0 aliphatic heterocycles. The first-order chi connectivity index (χ1) is 9.38. The molecule has 0 amide bonds. The molecule has 0 fully saturated rings. The number of anilines is 1. The Morgan fingerprint density at radius 1 is 1.00 bits per heavy atom. The number of pyridine rings is 1. The molecule has 1 heterocycles. The summed E-state index contributed by atoms with van der Waals surface area (Å²) in [7, 11) is 0. The van der Waals surface area contributed by atoms with Crippen molar-refractivity contribution in [3.8, 4) is 0 Å². The van der Waals surface area contributed by atoms with Crippen LogP contribution in [0.3, 0.4) is 0 Å². The lowest BCUT2D eigenvalue weighted by atomic mass is 10.0. The molecule has 0 bridgehead atoms. The molecule has 3 heteroatoms. The van der Waals surface area contributed by atoms with Crippen molar-refractivity contribution in [1.29, 1.82) is 0 Å². The average Bonchev–Trinajstić information content (AvgIpc) is 2.92. The van der Waals surface area contributed by atoms with Gasteiger partial charge in [0.15, 0.2) is 0 Å². The molecule has 1 aromatic heterocycles. The standard InChI is InChI=1S/C16H15N3/c17-19-16-12-6-3-7-14(12)18-15-11-5-2-1-4-10(11)8-9-13(15)16/h1-2,4-5,8-9H,3,6-7,17H2,(H,18,19). The molecule has 0 saturated carbocycles. The van der Waals surface area contributed by atoms with Crippen molar-refractivity contribution in [2.24, 2.45) is 5.84 Å². The van der Waals surface area contributed by atoms with Crippen molar-refractivity contribution in [3.05, 3.63) is 47.7 Å². The van der Waals surface area contributed by atoms with Gasteiger partial charge < -0.3 is 5.43 Å². The van der Waals surface area contributed by atoms with E-state index in [0.29, 0.717) is 0 Å². The van der Waals surface area contributed by atoms with Gasteiger partial charge in [-0.15, -0.1) is 0 Å². The lowest BCUT2D eigenvalue weighted by Gasteiger charge is -2.13. The zero-order valence-corrected chi connectivity index (χ0v) is 10.6. The Morgan fingerprint density at radius 2 is 1.89 bits per heavy atom. The number of benzene rings is 2. The van der Waals surface area contributed by atoms with Crippen molar-refractivity contribution in [1.82, 2.24) is 4.98 Å². The molecule has 3 aromatic rings. The number of nitrogen functional groups attached to an aromatic ring is 1. The van der Waals surface area contributed by atoms with Crippen LogP contribution in [0.4, 0.5) is 5.69 Å². The fourth-order valence-corrected chi connectivity index (χ4v) is 3.16. The Bertz CT molecular complexity index is 793. The zero-order chi connectivity index (χ0) is 12.8. The lowest BCUT2D eigenvalue weighted by molar-refractivity contribution is 0.901. The van der Waals surface area contributed by atoms with Crippen LogP contribution in [0.5, 0.6) is 0 Å². The van der Waals surface area contributed by atoms with Crippen LogP contribution < -0.4 is 11.3 Å². The van der Waals surface area contributed by atoms with Gasteiger partial charge in [0, 0.05) is 16.5 Å². The third-order valence-electron chi connectivity index (χ3n) is 4.05. The highest BCUT2D eigenvalue weighted by Crippen LogP contribution is 2.36. The third-order valence-corrected chi connectivity index (χ3v) is 4.05. The Kier molecular flexibility index (Phi) is 2.23. The second kappa shape index (κ2) is 3.93. The Labute approximate surface area is 111 Å². The summed E-state index contributed by atoms with van der Waals surface area (Å²) >= 11 is 0. The summed E-state index contributed by atoms with van der Waals surface area (Å²) in [6.45, 7) is 0. The smallest absolute Gasteiger partial charge is 0.0805 e. The van der Waals surface area contributed by atoms with Crippen LogP contribution >= 0.6 is 0 Å². The van der Waals surface area contributed by atoms with E-state index < -0.39 is 0 Å². The number of aryl methyl sites for hydroxylation is 1. The molecule has 3 nitrogen and oxygen atoms in total. The zero-order valence-electron chi connectivity index (χ0n) is 10.6. The summed E-state index contributed by atoms with van der Waals surface area (Å²) in [5.74, 6) is 5.76. The van der Waals surface area contributed by atoms with Gasteiger partial charge in [0.1, 0.15) is 0 Å². The summed E-state index contributed by atoms with van der Waals surface area (Å²) in [6, 6.07) is 12.6. The first-order valence-corrected chi connectivity index (χ1v) is 6.68. The van der Waals surface area contributed by atoms with E-state index >= 15 is 0 Å². The number of aromatic nitrogens is 1. The second-order valence-corrected chi connectivity index (χ2v) is 5.09. The molecule has 0 atom stereocenters. The SMILES string of the molecule is NNc1c2c(nc3c1ccc1ccccc13)CCC2. The molecule has 1 aliphatic carbocycles. The van der Waals surface area contributed by atoms with E-state index in [1.54, 1.807) is 0 Å². The number of hydrogen-bond acceptors (Lipinski definition) is 3. The summed E-state index contributed by atoms with van der Waals surface area (Å²) < 4.78 is 0. The number of nitrogens with two attached hydrogens (primary N) is 1. The molecule has 0 unspecified atom stereocenters. The monoisotopic (exact) mass is 249 g/mol. The minimum atomic E-state index is 1.06. The molecule has 0 spiro atoms. The van der Waals surface area contributed by atoms with Crippen molar-refractivity contribution >= 4 is 27.4 Å². The lowest BCUT2D eigenvalue weighted by Crippen LogP contribution is -2.10. The number of nitrogens with one attached hydrogen (secondary N) is 1. The molecule has 1 aliphatic rings.